The molecule has 0 saturated carbocycles. The van der Waals surface area contributed by atoms with Crippen LogP contribution in [-0.4, -0.2) is 6.21 Å². The molecular formula is C10H20N2. The van der Waals surface area contributed by atoms with E-state index in [0.29, 0.717) is 0 Å². The lowest BCUT2D eigenvalue weighted by Gasteiger charge is -2.05. The molecule has 70 valence electrons. The molecule has 0 rings (SSSR count). The summed E-state index contributed by atoms with van der Waals surface area (Å²) in [5.74, 6) is 0.745. The van der Waals surface area contributed by atoms with E-state index < -0.39 is 0 Å². The Morgan fingerprint density at radius 3 is 2.42 bits per heavy atom. The quantitative estimate of drug-likeness (QED) is 0.609. The van der Waals surface area contributed by atoms with Gasteiger partial charge in [-0.15, -0.1) is 0 Å². The van der Waals surface area contributed by atoms with Crippen molar-refractivity contribution in [3.05, 3.63) is 11.3 Å². The highest BCUT2D eigenvalue weighted by Crippen LogP contribution is 2.11. The molecule has 2 nitrogen and oxygen atoms in total. The van der Waals surface area contributed by atoms with Crippen molar-refractivity contribution in [3.8, 4) is 0 Å². The summed E-state index contributed by atoms with van der Waals surface area (Å²) in [6.07, 6.45) is 4.67. The molecule has 0 bridgehead atoms. The van der Waals surface area contributed by atoms with Crippen molar-refractivity contribution in [1.29, 1.82) is 5.41 Å². The van der Waals surface area contributed by atoms with Gasteiger partial charge in [0.2, 0.25) is 0 Å². The zero-order valence-corrected chi connectivity index (χ0v) is 8.35. The van der Waals surface area contributed by atoms with Crippen LogP contribution in [0.1, 0.15) is 40.0 Å². The van der Waals surface area contributed by atoms with E-state index >= 15 is 0 Å². The molecule has 0 atom stereocenters. The third-order valence-corrected chi connectivity index (χ3v) is 1.91. The molecular weight excluding hydrogens is 148 g/mol. The topological polar surface area (TPSA) is 49.9 Å². The number of hydrogen-bond donors (Lipinski definition) is 2. The van der Waals surface area contributed by atoms with Crippen LogP contribution < -0.4 is 5.73 Å². The van der Waals surface area contributed by atoms with E-state index in [1.54, 1.807) is 0 Å². The van der Waals surface area contributed by atoms with Crippen LogP contribution in [0.15, 0.2) is 11.3 Å². The Kier molecular flexibility index (Phi) is 5.43. The molecule has 2 heteroatoms. The molecule has 0 aromatic heterocycles. The van der Waals surface area contributed by atoms with Crippen LogP contribution in [-0.2, 0) is 0 Å². The highest BCUT2D eigenvalue weighted by Gasteiger charge is 1.98. The summed E-state index contributed by atoms with van der Waals surface area (Å²) in [6.45, 7) is 6.28. The molecule has 0 spiro atoms. The van der Waals surface area contributed by atoms with Crippen molar-refractivity contribution in [2.45, 2.75) is 40.0 Å². The lowest BCUT2D eigenvalue weighted by molar-refractivity contribution is 0.557. The SMILES string of the molecule is C/C(N)=C(/C=N)CCCC(C)C. The fraction of sp³-hybridized carbons (Fsp3) is 0.700. The largest absolute Gasteiger partial charge is 0.402 e. The molecule has 12 heavy (non-hydrogen) atoms. The highest BCUT2D eigenvalue weighted by atomic mass is 14.6. The molecule has 0 aliphatic heterocycles. The summed E-state index contributed by atoms with van der Waals surface area (Å²) < 4.78 is 0. The summed E-state index contributed by atoms with van der Waals surface area (Å²) in [5.41, 5.74) is 7.36. The number of nitrogens with one attached hydrogen (secondary N) is 1. The summed E-state index contributed by atoms with van der Waals surface area (Å²) in [6, 6.07) is 0. The van der Waals surface area contributed by atoms with Crippen molar-refractivity contribution in [2.75, 3.05) is 0 Å². The Hall–Kier alpha value is -0.790. The van der Waals surface area contributed by atoms with Crippen molar-refractivity contribution in [2.24, 2.45) is 11.7 Å². The number of hydrogen-bond acceptors (Lipinski definition) is 2. The van der Waals surface area contributed by atoms with Gasteiger partial charge in [-0.2, -0.15) is 0 Å². The second-order valence-electron chi connectivity index (χ2n) is 3.64. The van der Waals surface area contributed by atoms with E-state index in [1.807, 2.05) is 6.92 Å². The zero-order chi connectivity index (χ0) is 9.56. The minimum Gasteiger partial charge on any atom is -0.402 e. The minimum atomic E-state index is 0.745. The average molecular weight is 168 g/mol. The Morgan fingerprint density at radius 2 is 2.08 bits per heavy atom. The summed E-state index contributed by atoms with van der Waals surface area (Å²) in [5, 5.41) is 7.11. The fourth-order valence-electron chi connectivity index (χ4n) is 1.08. The molecule has 0 aliphatic rings. The second kappa shape index (κ2) is 5.81. The van der Waals surface area contributed by atoms with Crippen LogP contribution >= 0.6 is 0 Å². The first-order valence-corrected chi connectivity index (χ1v) is 4.53. The van der Waals surface area contributed by atoms with Crippen LogP contribution in [0.25, 0.3) is 0 Å². The van der Waals surface area contributed by atoms with Gasteiger partial charge in [0.05, 0.1) is 0 Å². The molecule has 0 aromatic carbocycles. The van der Waals surface area contributed by atoms with Crippen molar-refractivity contribution < 1.29 is 0 Å². The molecule has 0 amide bonds. The van der Waals surface area contributed by atoms with Gasteiger partial charge in [-0.1, -0.05) is 20.3 Å². The van der Waals surface area contributed by atoms with Crippen molar-refractivity contribution in [3.63, 3.8) is 0 Å². The van der Waals surface area contributed by atoms with Gasteiger partial charge in [0.15, 0.2) is 0 Å². The first-order valence-electron chi connectivity index (χ1n) is 4.53. The minimum absolute atomic E-state index is 0.745. The number of nitrogens with two attached hydrogens (primary N) is 1. The first kappa shape index (κ1) is 11.2. The van der Waals surface area contributed by atoms with Gasteiger partial charge in [-0.25, -0.2) is 0 Å². The van der Waals surface area contributed by atoms with E-state index in [2.05, 4.69) is 13.8 Å². The van der Waals surface area contributed by atoms with Gasteiger partial charge < -0.3 is 11.1 Å². The Labute approximate surface area is 75.4 Å². The molecule has 0 heterocycles. The van der Waals surface area contributed by atoms with Gasteiger partial charge in [0, 0.05) is 11.9 Å². The van der Waals surface area contributed by atoms with Gasteiger partial charge >= 0.3 is 0 Å². The number of rotatable bonds is 5. The van der Waals surface area contributed by atoms with Crippen LogP contribution in [0.3, 0.4) is 0 Å². The zero-order valence-electron chi connectivity index (χ0n) is 8.35. The van der Waals surface area contributed by atoms with Gasteiger partial charge in [0.25, 0.3) is 0 Å². The van der Waals surface area contributed by atoms with Crippen LogP contribution in [0.4, 0.5) is 0 Å². The van der Waals surface area contributed by atoms with Crippen LogP contribution in [0, 0.1) is 11.3 Å². The number of allylic oxidation sites excluding steroid dienone is 2. The van der Waals surface area contributed by atoms with Gasteiger partial charge in [-0.3, -0.25) is 0 Å². The Bertz CT molecular complexity index is 165. The Balaban J connectivity index is 3.76. The third kappa shape index (κ3) is 4.94. The summed E-state index contributed by atoms with van der Waals surface area (Å²) in [7, 11) is 0. The second-order valence-corrected chi connectivity index (χ2v) is 3.64. The maximum atomic E-state index is 7.11. The normalized spacial score (nSPS) is 13.0. The fourth-order valence-corrected chi connectivity index (χ4v) is 1.08. The maximum Gasteiger partial charge on any atom is 0.0226 e. The lowest BCUT2D eigenvalue weighted by atomic mass is 10.0. The molecule has 0 saturated heterocycles. The van der Waals surface area contributed by atoms with Gasteiger partial charge in [0.1, 0.15) is 0 Å². The van der Waals surface area contributed by atoms with E-state index in [1.165, 1.54) is 12.6 Å². The van der Waals surface area contributed by atoms with Crippen molar-refractivity contribution >= 4 is 6.21 Å². The maximum absolute atomic E-state index is 7.11. The average Bonchev–Trinajstić information content (AvgIpc) is 1.96. The summed E-state index contributed by atoms with van der Waals surface area (Å²) >= 11 is 0. The molecule has 3 N–H and O–H groups in total. The lowest BCUT2D eigenvalue weighted by Crippen LogP contribution is -2.00. The molecule has 0 aliphatic carbocycles. The molecule has 0 fully saturated rings. The predicted octanol–water partition coefficient (Wildman–Crippen LogP) is 2.69. The Morgan fingerprint density at radius 1 is 1.50 bits per heavy atom. The monoisotopic (exact) mass is 168 g/mol. The van der Waals surface area contributed by atoms with E-state index in [0.717, 1.165) is 30.0 Å². The summed E-state index contributed by atoms with van der Waals surface area (Å²) in [4.78, 5) is 0. The standard InChI is InChI=1S/C10H20N2/c1-8(2)5-4-6-10(7-11)9(3)12/h7-8,11H,4-6,12H2,1-3H3/b10-9-,11-7?. The molecule has 0 unspecified atom stereocenters. The molecule has 0 aromatic rings. The third-order valence-electron chi connectivity index (χ3n) is 1.91. The highest BCUT2D eigenvalue weighted by molar-refractivity contribution is 5.76. The van der Waals surface area contributed by atoms with Crippen LogP contribution in [0.5, 0.6) is 0 Å². The van der Waals surface area contributed by atoms with Gasteiger partial charge in [-0.05, 0) is 31.3 Å². The first-order chi connectivity index (χ1) is 5.57. The van der Waals surface area contributed by atoms with E-state index in [-0.39, 0.29) is 0 Å². The van der Waals surface area contributed by atoms with E-state index in [9.17, 15) is 0 Å². The predicted molar refractivity (Wildman–Crippen MR) is 54.4 cm³/mol. The van der Waals surface area contributed by atoms with E-state index in [4.69, 9.17) is 11.1 Å². The smallest absolute Gasteiger partial charge is 0.0226 e. The van der Waals surface area contributed by atoms with Crippen molar-refractivity contribution in [1.82, 2.24) is 0 Å². The molecule has 0 radical (unpaired) electrons. The van der Waals surface area contributed by atoms with Crippen LogP contribution in [0.2, 0.25) is 0 Å².